The van der Waals surface area contributed by atoms with Crippen molar-refractivity contribution in [1.82, 2.24) is 4.98 Å². The summed E-state index contributed by atoms with van der Waals surface area (Å²) in [6.45, 7) is 0. The molecule has 2 nitrogen and oxygen atoms in total. The summed E-state index contributed by atoms with van der Waals surface area (Å²) < 4.78 is 0. The van der Waals surface area contributed by atoms with Crippen molar-refractivity contribution in [1.29, 1.82) is 0 Å². The largest absolute Gasteiger partial charge is 0.388 e. The topological polar surface area (TPSA) is 33.1 Å². The fourth-order valence-electron chi connectivity index (χ4n) is 2.45. The molecule has 3 atom stereocenters. The molecule has 1 heterocycles. The SMILES string of the molecule is OC(c1cccnc1)C1CC1c1ccccc1. The lowest BCUT2D eigenvalue weighted by atomic mass is 10.0. The summed E-state index contributed by atoms with van der Waals surface area (Å²) in [5.41, 5.74) is 2.26. The molecule has 0 amide bonds. The Bertz CT molecular complexity index is 483. The molecule has 0 saturated heterocycles. The summed E-state index contributed by atoms with van der Waals surface area (Å²) in [6, 6.07) is 14.2. The number of aliphatic hydroxyl groups excluding tert-OH is 1. The first-order chi connectivity index (χ1) is 8.36. The van der Waals surface area contributed by atoms with Crippen LogP contribution < -0.4 is 0 Å². The second kappa shape index (κ2) is 4.30. The van der Waals surface area contributed by atoms with Crippen LogP contribution in [0.2, 0.25) is 0 Å². The highest BCUT2D eigenvalue weighted by molar-refractivity contribution is 5.28. The molecular formula is C15H15NO. The molecule has 1 saturated carbocycles. The van der Waals surface area contributed by atoms with Crippen LogP contribution in [0.3, 0.4) is 0 Å². The zero-order chi connectivity index (χ0) is 11.7. The second-order valence-electron chi connectivity index (χ2n) is 4.65. The Kier molecular flexibility index (Phi) is 2.65. The van der Waals surface area contributed by atoms with Crippen molar-refractivity contribution in [2.24, 2.45) is 5.92 Å². The van der Waals surface area contributed by atoms with Gasteiger partial charge >= 0.3 is 0 Å². The van der Waals surface area contributed by atoms with Crippen molar-refractivity contribution in [2.75, 3.05) is 0 Å². The van der Waals surface area contributed by atoms with Gasteiger partial charge in [-0.05, 0) is 35.4 Å². The standard InChI is InChI=1S/C15H15NO/c17-15(12-7-4-8-16-10-12)14-9-13(14)11-5-2-1-3-6-11/h1-8,10,13-15,17H,9H2. The Morgan fingerprint density at radius 1 is 1.12 bits per heavy atom. The minimum atomic E-state index is -0.381. The number of pyridine rings is 1. The van der Waals surface area contributed by atoms with Gasteiger partial charge in [-0.15, -0.1) is 0 Å². The number of benzene rings is 1. The van der Waals surface area contributed by atoms with E-state index in [1.54, 1.807) is 12.4 Å². The van der Waals surface area contributed by atoms with Crippen LogP contribution in [0.5, 0.6) is 0 Å². The highest BCUT2D eigenvalue weighted by atomic mass is 16.3. The molecule has 2 aromatic rings. The number of aromatic nitrogens is 1. The summed E-state index contributed by atoms with van der Waals surface area (Å²) in [7, 11) is 0. The van der Waals surface area contributed by atoms with Gasteiger partial charge in [0.2, 0.25) is 0 Å². The molecular weight excluding hydrogens is 210 g/mol. The van der Waals surface area contributed by atoms with Gasteiger partial charge in [0.25, 0.3) is 0 Å². The summed E-state index contributed by atoms with van der Waals surface area (Å²) >= 11 is 0. The molecule has 3 unspecified atom stereocenters. The average Bonchev–Trinajstić information content (AvgIpc) is 3.20. The molecule has 0 bridgehead atoms. The van der Waals surface area contributed by atoms with Gasteiger partial charge in [0, 0.05) is 12.4 Å². The van der Waals surface area contributed by atoms with Gasteiger partial charge in [-0.2, -0.15) is 0 Å². The summed E-state index contributed by atoms with van der Waals surface area (Å²) in [4.78, 5) is 4.05. The predicted octanol–water partition coefficient (Wildman–Crippen LogP) is 2.92. The van der Waals surface area contributed by atoms with E-state index in [0.29, 0.717) is 11.8 Å². The molecule has 1 N–H and O–H groups in total. The quantitative estimate of drug-likeness (QED) is 0.871. The molecule has 86 valence electrons. The molecule has 3 rings (SSSR count). The van der Waals surface area contributed by atoms with E-state index in [4.69, 9.17) is 0 Å². The van der Waals surface area contributed by atoms with Crippen LogP contribution in [0, 0.1) is 5.92 Å². The smallest absolute Gasteiger partial charge is 0.0839 e. The van der Waals surface area contributed by atoms with Crippen LogP contribution in [-0.4, -0.2) is 10.1 Å². The third kappa shape index (κ3) is 2.08. The van der Waals surface area contributed by atoms with Crippen molar-refractivity contribution < 1.29 is 5.11 Å². The Hall–Kier alpha value is -1.67. The van der Waals surface area contributed by atoms with E-state index >= 15 is 0 Å². The predicted molar refractivity (Wildman–Crippen MR) is 66.5 cm³/mol. The third-order valence-electron chi connectivity index (χ3n) is 3.50. The maximum atomic E-state index is 10.3. The van der Waals surface area contributed by atoms with Crippen LogP contribution in [0.15, 0.2) is 54.9 Å². The Morgan fingerprint density at radius 2 is 1.94 bits per heavy atom. The number of nitrogens with zero attached hydrogens (tertiary/aromatic N) is 1. The molecule has 1 fully saturated rings. The highest BCUT2D eigenvalue weighted by Crippen LogP contribution is 2.53. The van der Waals surface area contributed by atoms with Crippen LogP contribution in [0.4, 0.5) is 0 Å². The van der Waals surface area contributed by atoms with Crippen LogP contribution in [0.1, 0.15) is 29.6 Å². The van der Waals surface area contributed by atoms with Gasteiger partial charge in [-0.1, -0.05) is 36.4 Å². The Balaban J connectivity index is 1.73. The lowest BCUT2D eigenvalue weighted by molar-refractivity contribution is 0.151. The molecule has 0 radical (unpaired) electrons. The third-order valence-corrected chi connectivity index (χ3v) is 3.50. The van der Waals surface area contributed by atoms with Gasteiger partial charge in [0.15, 0.2) is 0 Å². The van der Waals surface area contributed by atoms with Gasteiger partial charge in [-0.25, -0.2) is 0 Å². The van der Waals surface area contributed by atoms with E-state index in [2.05, 4.69) is 29.2 Å². The maximum Gasteiger partial charge on any atom is 0.0839 e. The number of aliphatic hydroxyl groups is 1. The first-order valence-corrected chi connectivity index (χ1v) is 5.99. The highest BCUT2D eigenvalue weighted by Gasteiger charge is 2.43. The molecule has 1 aliphatic carbocycles. The molecule has 1 aliphatic rings. The number of hydrogen-bond donors (Lipinski definition) is 1. The summed E-state index contributed by atoms with van der Waals surface area (Å²) in [5.74, 6) is 0.855. The fraction of sp³-hybridized carbons (Fsp3) is 0.267. The van der Waals surface area contributed by atoms with Gasteiger partial charge in [0.1, 0.15) is 0 Å². The van der Waals surface area contributed by atoms with E-state index in [1.807, 2.05) is 18.2 Å². The summed E-state index contributed by atoms with van der Waals surface area (Å²) in [5, 5.41) is 10.3. The van der Waals surface area contributed by atoms with E-state index in [-0.39, 0.29) is 6.10 Å². The lowest BCUT2D eigenvalue weighted by Gasteiger charge is -2.09. The van der Waals surface area contributed by atoms with Gasteiger partial charge in [-0.3, -0.25) is 4.98 Å². The minimum Gasteiger partial charge on any atom is -0.388 e. The van der Waals surface area contributed by atoms with E-state index in [9.17, 15) is 5.11 Å². The van der Waals surface area contributed by atoms with Crippen molar-refractivity contribution in [3.8, 4) is 0 Å². The van der Waals surface area contributed by atoms with Gasteiger partial charge in [0.05, 0.1) is 6.10 Å². The van der Waals surface area contributed by atoms with Crippen molar-refractivity contribution in [3.63, 3.8) is 0 Å². The molecule has 17 heavy (non-hydrogen) atoms. The van der Waals surface area contributed by atoms with E-state index in [0.717, 1.165) is 12.0 Å². The zero-order valence-electron chi connectivity index (χ0n) is 9.53. The lowest BCUT2D eigenvalue weighted by Crippen LogP contribution is -2.01. The van der Waals surface area contributed by atoms with Crippen molar-refractivity contribution in [3.05, 3.63) is 66.0 Å². The molecule has 1 aromatic heterocycles. The average molecular weight is 225 g/mol. The van der Waals surface area contributed by atoms with Gasteiger partial charge < -0.3 is 5.11 Å². The number of rotatable bonds is 3. The molecule has 0 spiro atoms. The Morgan fingerprint density at radius 3 is 2.65 bits per heavy atom. The molecule has 1 aromatic carbocycles. The van der Waals surface area contributed by atoms with Crippen molar-refractivity contribution >= 4 is 0 Å². The van der Waals surface area contributed by atoms with Crippen LogP contribution in [0.25, 0.3) is 0 Å². The second-order valence-corrected chi connectivity index (χ2v) is 4.65. The summed E-state index contributed by atoms with van der Waals surface area (Å²) in [6.07, 6.45) is 4.18. The Labute approximate surface area is 101 Å². The monoisotopic (exact) mass is 225 g/mol. The first kappa shape index (κ1) is 10.5. The molecule has 0 aliphatic heterocycles. The van der Waals surface area contributed by atoms with E-state index in [1.165, 1.54) is 5.56 Å². The maximum absolute atomic E-state index is 10.3. The van der Waals surface area contributed by atoms with E-state index < -0.39 is 0 Å². The fourth-order valence-corrected chi connectivity index (χ4v) is 2.45. The zero-order valence-corrected chi connectivity index (χ0v) is 9.53. The first-order valence-electron chi connectivity index (χ1n) is 5.99. The van der Waals surface area contributed by atoms with Crippen LogP contribution >= 0.6 is 0 Å². The molecule has 2 heteroatoms. The van der Waals surface area contributed by atoms with Crippen molar-refractivity contribution in [2.45, 2.75) is 18.4 Å². The van der Waals surface area contributed by atoms with Crippen LogP contribution in [-0.2, 0) is 0 Å². The minimum absolute atomic E-state index is 0.349. The normalized spacial score (nSPS) is 24.3. The number of hydrogen-bond acceptors (Lipinski definition) is 2.